The predicted octanol–water partition coefficient (Wildman–Crippen LogP) is 1.96. The van der Waals surface area contributed by atoms with Crippen LogP contribution in [0.15, 0.2) is 18.3 Å². The predicted molar refractivity (Wildman–Crippen MR) is 67.3 cm³/mol. The molecule has 0 amide bonds. The van der Waals surface area contributed by atoms with Crippen molar-refractivity contribution in [3.8, 4) is 11.5 Å². The highest BCUT2D eigenvalue weighted by atomic mass is 32.1. The Balaban J connectivity index is 2.46. The summed E-state index contributed by atoms with van der Waals surface area (Å²) < 4.78 is 7.54. The van der Waals surface area contributed by atoms with E-state index in [1.54, 1.807) is 13.3 Å². The molecule has 0 atom stereocenters. The molecule has 17 heavy (non-hydrogen) atoms. The highest BCUT2D eigenvalue weighted by molar-refractivity contribution is 7.71. The summed E-state index contributed by atoms with van der Waals surface area (Å²) in [5.41, 5.74) is 1.91. The van der Waals surface area contributed by atoms with Crippen molar-refractivity contribution in [2.75, 3.05) is 13.7 Å². The van der Waals surface area contributed by atoms with Crippen LogP contribution in [0.4, 0.5) is 0 Å². The van der Waals surface area contributed by atoms with Crippen LogP contribution >= 0.6 is 12.2 Å². The van der Waals surface area contributed by atoms with Crippen molar-refractivity contribution in [2.45, 2.75) is 13.5 Å². The minimum absolute atomic E-state index is 0.585. The van der Waals surface area contributed by atoms with Crippen molar-refractivity contribution >= 4 is 12.2 Å². The largest absolute Gasteiger partial charge is 0.383 e. The van der Waals surface area contributed by atoms with Crippen molar-refractivity contribution in [1.29, 1.82) is 0 Å². The van der Waals surface area contributed by atoms with Gasteiger partial charge < -0.3 is 4.74 Å². The molecule has 0 saturated carbocycles. The van der Waals surface area contributed by atoms with E-state index in [4.69, 9.17) is 17.0 Å². The zero-order chi connectivity index (χ0) is 12.3. The molecule has 2 aromatic heterocycles. The van der Waals surface area contributed by atoms with Gasteiger partial charge in [0.1, 0.15) is 5.69 Å². The van der Waals surface area contributed by atoms with Gasteiger partial charge in [-0.2, -0.15) is 5.10 Å². The highest BCUT2D eigenvalue weighted by Gasteiger charge is 2.11. The Kier molecular flexibility index (Phi) is 3.65. The summed E-state index contributed by atoms with van der Waals surface area (Å²) in [6.07, 6.45) is 1.75. The first-order chi connectivity index (χ1) is 8.24. The van der Waals surface area contributed by atoms with Crippen molar-refractivity contribution in [3.05, 3.63) is 28.7 Å². The van der Waals surface area contributed by atoms with Crippen LogP contribution in [0, 0.1) is 11.7 Å². The first kappa shape index (κ1) is 11.9. The third-order valence-corrected chi connectivity index (χ3v) is 2.81. The van der Waals surface area contributed by atoms with Gasteiger partial charge in [-0.1, -0.05) is 6.07 Å². The van der Waals surface area contributed by atoms with Crippen molar-refractivity contribution in [1.82, 2.24) is 19.7 Å². The fourth-order valence-electron chi connectivity index (χ4n) is 1.61. The summed E-state index contributed by atoms with van der Waals surface area (Å²) in [7, 11) is 1.66. The quantitative estimate of drug-likeness (QED) is 0.843. The van der Waals surface area contributed by atoms with Gasteiger partial charge in [0.15, 0.2) is 10.6 Å². The molecule has 0 saturated heterocycles. The van der Waals surface area contributed by atoms with E-state index < -0.39 is 0 Å². The van der Waals surface area contributed by atoms with Gasteiger partial charge in [-0.15, -0.1) is 0 Å². The van der Waals surface area contributed by atoms with Gasteiger partial charge in [0, 0.05) is 13.3 Å². The minimum atomic E-state index is 0.585. The average Bonchev–Trinajstić information content (AvgIpc) is 2.69. The van der Waals surface area contributed by atoms with Gasteiger partial charge in [-0.05, 0) is 30.8 Å². The number of nitrogens with zero attached hydrogens (tertiary/aromatic N) is 3. The summed E-state index contributed by atoms with van der Waals surface area (Å²) in [4.78, 5) is 4.34. The van der Waals surface area contributed by atoms with Crippen LogP contribution in [0.2, 0.25) is 0 Å². The monoisotopic (exact) mass is 250 g/mol. The Labute approximate surface area is 104 Å². The molecule has 0 unspecified atom stereocenters. The molecule has 6 heteroatoms. The minimum Gasteiger partial charge on any atom is -0.383 e. The lowest BCUT2D eigenvalue weighted by molar-refractivity contribution is 0.187. The number of aromatic amines is 1. The van der Waals surface area contributed by atoms with Gasteiger partial charge >= 0.3 is 0 Å². The molecule has 5 nitrogen and oxygen atoms in total. The number of aromatic nitrogens is 4. The molecule has 0 bridgehead atoms. The number of rotatable bonds is 4. The summed E-state index contributed by atoms with van der Waals surface area (Å²) in [5.74, 6) is 0.755. The lowest BCUT2D eigenvalue weighted by atomic mass is 10.2. The highest BCUT2D eigenvalue weighted by Crippen LogP contribution is 2.18. The van der Waals surface area contributed by atoms with Crippen LogP contribution in [0.25, 0.3) is 11.5 Å². The van der Waals surface area contributed by atoms with Gasteiger partial charge in [0.25, 0.3) is 0 Å². The number of nitrogens with one attached hydrogen (secondary N) is 1. The van der Waals surface area contributed by atoms with Crippen LogP contribution in [0.5, 0.6) is 0 Å². The fourth-order valence-corrected chi connectivity index (χ4v) is 1.83. The van der Waals surface area contributed by atoms with Gasteiger partial charge in [0.2, 0.25) is 0 Å². The van der Waals surface area contributed by atoms with E-state index in [1.165, 1.54) is 0 Å². The number of methoxy groups -OCH3 is 1. The lowest BCUT2D eigenvalue weighted by Gasteiger charge is -2.07. The van der Waals surface area contributed by atoms with Crippen molar-refractivity contribution in [2.24, 2.45) is 0 Å². The average molecular weight is 250 g/mol. The summed E-state index contributed by atoms with van der Waals surface area (Å²) in [5, 5.41) is 7.02. The van der Waals surface area contributed by atoms with E-state index in [0.29, 0.717) is 17.9 Å². The molecular formula is C11H14N4OS. The van der Waals surface area contributed by atoms with Crippen molar-refractivity contribution in [3.63, 3.8) is 0 Å². The van der Waals surface area contributed by atoms with Crippen molar-refractivity contribution < 1.29 is 4.74 Å². The molecular weight excluding hydrogens is 236 g/mol. The van der Waals surface area contributed by atoms with E-state index in [2.05, 4.69) is 15.2 Å². The normalized spacial score (nSPS) is 10.7. The molecule has 2 heterocycles. The Morgan fingerprint density at radius 1 is 1.53 bits per heavy atom. The zero-order valence-corrected chi connectivity index (χ0v) is 10.6. The van der Waals surface area contributed by atoms with Gasteiger partial charge in [-0.3, -0.25) is 14.6 Å². The second-order valence-electron chi connectivity index (χ2n) is 3.67. The smallest absolute Gasteiger partial charge is 0.195 e. The topological polar surface area (TPSA) is 55.7 Å². The summed E-state index contributed by atoms with van der Waals surface area (Å²) >= 11 is 5.19. The van der Waals surface area contributed by atoms with Gasteiger partial charge in [0.05, 0.1) is 13.2 Å². The third kappa shape index (κ3) is 2.42. The molecule has 0 fully saturated rings. The maximum absolute atomic E-state index is 5.19. The van der Waals surface area contributed by atoms with Gasteiger partial charge in [-0.25, -0.2) is 0 Å². The van der Waals surface area contributed by atoms with E-state index in [9.17, 15) is 0 Å². The van der Waals surface area contributed by atoms with Crippen LogP contribution in [-0.2, 0) is 11.3 Å². The third-order valence-electron chi connectivity index (χ3n) is 2.50. The number of pyridine rings is 1. The fraction of sp³-hybridized carbons (Fsp3) is 0.364. The number of ether oxygens (including phenoxy) is 1. The van der Waals surface area contributed by atoms with Crippen LogP contribution in [0.1, 0.15) is 5.56 Å². The lowest BCUT2D eigenvalue weighted by Crippen LogP contribution is -2.07. The van der Waals surface area contributed by atoms with Crippen LogP contribution in [0.3, 0.4) is 0 Å². The molecule has 2 rings (SSSR count). The zero-order valence-electron chi connectivity index (χ0n) is 9.80. The molecule has 0 aliphatic carbocycles. The maximum Gasteiger partial charge on any atom is 0.195 e. The summed E-state index contributed by atoms with van der Waals surface area (Å²) in [6, 6.07) is 3.90. The van der Waals surface area contributed by atoms with E-state index in [1.807, 2.05) is 23.6 Å². The standard InChI is InChI=1S/C11H14N4OS/c1-8-4-3-5-12-9(8)10-13-14-11(17)15(10)6-7-16-2/h3-5H,6-7H2,1-2H3,(H,14,17). The number of H-pyrrole nitrogens is 1. The molecule has 0 aliphatic rings. The Morgan fingerprint density at radius 2 is 2.35 bits per heavy atom. The van der Waals surface area contributed by atoms with E-state index in [0.717, 1.165) is 17.1 Å². The van der Waals surface area contributed by atoms with Crippen LogP contribution in [-0.4, -0.2) is 33.5 Å². The number of aryl methyl sites for hydroxylation is 1. The summed E-state index contributed by atoms with van der Waals surface area (Å²) in [6.45, 7) is 3.25. The van der Waals surface area contributed by atoms with E-state index >= 15 is 0 Å². The van der Waals surface area contributed by atoms with Crippen LogP contribution < -0.4 is 0 Å². The Morgan fingerprint density at radius 3 is 3.06 bits per heavy atom. The molecule has 0 aromatic carbocycles. The van der Waals surface area contributed by atoms with E-state index in [-0.39, 0.29) is 0 Å². The molecule has 2 aromatic rings. The molecule has 0 aliphatic heterocycles. The maximum atomic E-state index is 5.19. The first-order valence-electron chi connectivity index (χ1n) is 5.30. The number of hydrogen-bond donors (Lipinski definition) is 1. The first-order valence-corrected chi connectivity index (χ1v) is 5.71. The molecule has 0 radical (unpaired) electrons. The number of hydrogen-bond acceptors (Lipinski definition) is 4. The Hall–Kier alpha value is -1.53. The Bertz CT molecular complexity index is 561. The second-order valence-corrected chi connectivity index (χ2v) is 4.05. The molecule has 0 spiro atoms. The molecule has 90 valence electrons. The molecule has 1 N–H and O–H groups in total. The second kappa shape index (κ2) is 5.20. The SMILES string of the molecule is COCCn1c(-c2ncccc2C)n[nH]c1=S.